The van der Waals surface area contributed by atoms with Crippen LogP contribution in [0.5, 0.6) is 0 Å². The first-order valence-electron chi connectivity index (χ1n) is 6.79. The zero-order valence-electron chi connectivity index (χ0n) is 11.7. The Bertz CT molecular complexity index is 473. The third kappa shape index (κ3) is 3.04. The molecule has 0 amide bonds. The summed E-state index contributed by atoms with van der Waals surface area (Å²) in [4.78, 5) is 6.72. The van der Waals surface area contributed by atoms with Crippen molar-refractivity contribution in [3.8, 4) is 0 Å². The Balaban J connectivity index is 2.24. The predicted molar refractivity (Wildman–Crippen MR) is 77.0 cm³/mol. The highest BCUT2D eigenvalue weighted by molar-refractivity contribution is 5.99. The summed E-state index contributed by atoms with van der Waals surface area (Å²) >= 11 is 0. The Kier molecular flexibility index (Phi) is 4.37. The molecule has 1 aromatic heterocycles. The quantitative estimate of drug-likeness (QED) is 0.461. The second-order valence-corrected chi connectivity index (χ2v) is 4.85. The predicted octanol–water partition coefficient (Wildman–Crippen LogP) is 1.33. The molecule has 5 nitrogen and oxygen atoms in total. The van der Waals surface area contributed by atoms with Crippen LogP contribution in [0.2, 0.25) is 0 Å². The Morgan fingerprint density at radius 3 is 3.00 bits per heavy atom. The normalized spacial score (nSPS) is 13.4. The van der Waals surface area contributed by atoms with E-state index in [4.69, 9.17) is 20.9 Å². The zero-order chi connectivity index (χ0) is 13.8. The molecular weight excluding hydrogens is 240 g/mol. The number of fused-ring (bicyclic) bond motifs is 1. The lowest BCUT2D eigenvalue weighted by molar-refractivity contribution is 0.154. The lowest BCUT2D eigenvalue weighted by Gasteiger charge is -2.21. The van der Waals surface area contributed by atoms with Gasteiger partial charge in [0.15, 0.2) is 0 Å². The van der Waals surface area contributed by atoms with Gasteiger partial charge in [-0.3, -0.25) is 5.41 Å². The number of hydrogen-bond donors (Lipinski definition) is 2. The van der Waals surface area contributed by atoms with Crippen LogP contribution in [-0.4, -0.2) is 37.6 Å². The molecule has 0 unspecified atom stereocenters. The summed E-state index contributed by atoms with van der Waals surface area (Å²) in [5.74, 6) is 0.883. The molecule has 5 heteroatoms. The smallest absolute Gasteiger partial charge is 0.139 e. The van der Waals surface area contributed by atoms with Gasteiger partial charge in [-0.15, -0.1) is 0 Å². The van der Waals surface area contributed by atoms with E-state index < -0.39 is 0 Å². The van der Waals surface area contributed by atoms with Crippen molar-refractivity contribution in [3.05, 3.63) is 22.9 Å². The Labute approximate surface area is 114 Å². The molecule has 0 atom stereocenters. The average molecular weight is 262 g/mol. The van der Waals surface area contributed by atoms with Gasteiger partial charge in [-0.1, -0.05) is 0 Å². The van der Waals surface area contributed by atoms with E-state index in [0.717, 1.165) is 42.9 Å². The highest BCUT2D eigenvalue weighted by Crippen LogP contribution is 2.26. The molecule has 0 saturated heterocycles. The van der Waals surface area contributed by atoms with Crippen LogP contribution in [0.1, 0.15) is 30.2 Å². The number of hydrogen-bond acceptors (Lipinski definition) is 4. The van der Waals surface area contributed by atoms with Crippen molar-refractivity contribution >= 4 is 11.7 Å². The van der Waals surface area contributed by atoms with Crippen molar-refractivity contribution in [3.63, 3.8) is 0 Å². The molecule has 0 saturated carbocycles. The van der Waals surface area contributed by atoms with Gasteiger partial charge in [-0.25, -0.2) is 4.98 Å². The van der Waals surface area contributed by atoms with Crippen LogP contribution in [0.4, 0.5) is 5.82 Å². The summed E-state index contributed by atoms with van der Waals surface area (Å²) < 4.78 is 5.36. The molecule has 0 spiro atoms. The molecule has 1 aliphatic rings. The van der Waals surface area contributed by atoms with Gasteiger partial charge in [-0.2, -0.15) is 0 Å². The second-order valence-electron chi connectivity index (χ2n) is 4.85. The number of aromatic nitrogens is 1. The largest absolute Gasteiger partial charge is 0.384 e. The first kappa shape index (κ1) is 13.8. The maximum atomic E-state index is 7.73. The fourth-order valence-electron chi connectivity index (χ4n) is 2.40. The fourth-order valence-corrected chi connectivity index (χ4v) is 2.40. The Morgan fingerprint density at radius 2 is 2.32 bits per heavy atom. The van der Waals surface area contributed by atoms with E-state index in [-0.39, 0.29) is 5.84 Å². The zero-order valence-corrected chi connectivity index (χ0v) is 11.7. The first-order chi connectivity index (χ1) is 9.13. The van der Waals surface area contributed by atoms with Gasteiger partial charge in [-0.05, 0) is 37.8 Å². The van der Waals surface area contributed by atoms with Crippen molar-refractivity contribution in [2.75, 3.05) is 31.7 Å². The molecule has 2 rings (SSSR count). The molecule has 19 heavy (non-hydrogen) atoms. The molecule has 3 N–H and O–H groups in total. The van der Waals surface area contributed by atoms with E-state index in [2.05, 4.69) is 0 Å². The van der Waals surface area contributed by atoms with Crippen LogP contribution in [0.15, 0.2) is 6.07 Å². The van der Waals surface area contributed by atoms with Gasteiger partial charge in [0, 0.05) is 25.9 Å². The highest BCUT2D eigenvalue weighted by Gasteiger charge is 2.19. The standard InChI is InChI=1S/C14H22N4O/c1-3-19-8-7-18(2)14-11(13(15)16)9-10-5-4-6-12(10)17-14/h9H,3-8H2,1-2H3,(H3,15,16). The van der Waals surface area contributed by atoms with Crippen molar-refractivity contribution in [1.29, 1.82) is 5.41 Å². The molecule has 1 aromatic rings. The molecule has 0 fully saturated rings. The van der Waals surface area contributed by atoms with E-state index >= 15 is 0 Å². The van der Waals surface area contributed by atoms with Gasteiger partial charge in [0.2, 0.25) is 0 Å². The van der Waals surface area contributed by atoms with Crippen LogP contribution < -0.4 is 10.6 Å². The van der Waals surface area contributed by atoms with Crippen molar-refractivity contribution in [1.82, 2.24) is 4.98 Å². The minimum Gasteiger partial charge on any atom is -0.384 e. The number of amidine groups is 1. The fraction of sp³-hybridized carbons (Fsp3) is 0.571. The number of likely N-dealkylation sites (N-methyl/N-ethyl adjacent to an activating group) is 1. The van der Waals surface area contributed by atoms with E-state index in [1.807, 2.05) is 24.9 Å². The molecule has 0 aromatic carbocycles. The number of rotatable bonds is 6. The van der Waals surface area contributed by atoms with Gasteiger partial charge >= 0.3 is 0 Å². The summed E-state index contributed by atoms with van der Waals surface area (Å²) in [6.07, 6.45) is 3.22. The number of nitrogens with zero attached hydrogens (tertiary/aromatic N) is 2. The summed E-state index contributed by atoms with van der Waals surface area (Å²) in [6, 6.07) is 2.03. The molecule has 0 bridgehead atoms. The van der Waals surface area contributed by atoms with Crippen LogP contribution >= 0.6 is 0 Å². The monoisotopic (exact) mass is 262 g/mol. The maximum absolute atomic E-state index is 7.73. The van der Waals surface area contributed by atoms with E-state index in [0.29, 0.717) is 13.2 Å². The second kappa shape index (κ2) is 6.02. The lowest BCUT2D eigenvalue weighted by atomic mass is 10.1. The third-order valence-electron chi connectivity index (χ3n) is 3.46. The summed E-state index contributed by atoms with van der Waals surface area (Å²) in [6.45, 7) is 4.10. The van der Waals surface area contributed by atoms with E-state index in [9.17, 15) is 0 Å². The molecule has 1 aliphatic carbocycles. The van der Waals surface area contributed by atoms with Gasteiger partial charge in [0.1, 0.15) is 11.7 Å². The van der Waals surface area contributed by atoms with Crippen LogP contribution in [0, 0.1) is 5.41 Å². The number of ether oxygens (including phenoxy) is 1. The summed E-state index contributed by atoms with van der Waals surface area (Å²) in [5, 5.41) is 7.73. The van der Waals surface area contributed by atoms with Crippen LogP contribution in [0.3, 0.4) is 0 Å². The third-order valence-corrected chi connectivity index (χ3v) is 3.46. The number of nitrogens with one attached hydrogen (secondary N) is 1. The highest BCUT2D eigenvalue weighted by atomic mass is 16.5. The molecule has 0 aliphatic heterocycles. The topological polar surface area (TPSA) is 75.2 Å². The van der Waals surface area contributed by atoms with Crippen molar-refractivity contribution < 1.29 is 4.74 Å². The number of nitrogens with two attached hydrogens (primary N) is 1. The average Bonchev–Trinajstić information content (AvgIpc) is 2.84. The molecule has 1 heterocycles. The van der Waals surface area contributed by atoms with Crippen LogP contribution in [-0.2, 0) is 17.6 Å². The van der Waals surface area contributed by atoms with Crippen molar-refractivity contribution in [2.24, 2.45) is 5.73 Å². The van der Waals surface area contributed by atoms with Gasteiger partial charge < -0.3 is 15.4 Å². The molecular formula is C14H22N4O. The van der Waals surface area contributed by atoms with Crippen LogP contribution in [0.25, 0.3) is 0 Å². The minimum absolute atomic E-state index is 0.0838. The summed E-state index contributed by atoms with van der Waals surface area (Å²) in [7, 11) is 1.97. The molecule has 104 valence electrons. The maximum Gasteiger partial charge on any atom is 0.139 e. The Hall–Kier alpha value is -1.62. The summed E-state index contributed by atoms with van der Waals surface area (Å²) in [5.41, 5.74) is 8.82. The number of aryl methyl sites for hydroxylation is 2. The number of anilines is 1. The number of pyridine rings is 1. The molecule has 0 radical (unpaired) electrons. The van der Waals surface area contributed by atoms with Gasteiger partial charge in [0.05, 0.1) is 12.2 Å². The first-order valence-corrected chi connectivity index (χ1v) is 6.79. The SMILES string of the molecule is CCOCCN(C)c1nc2c(cc1C(=N)N)CCC2. The van der Waals surface area contributed by atoms with E-state index in [1.165, 1.54) is 5.56 Å². The van der Waals surface area contributed by atoms with E-state index in [1.54, 1.807) is 0 Å². The van der Waals surface area contributed by atoms with Crippen molar-refractivity contribution in [2.45, 2.75) is 26.2 Å². The Morgan fingerprint density at radius 1 is 1.53 bits per heavy atom. The van der Waals surface area contributed by atoms with Gasteiger partial charge in [0.25, 0.3) is 0 Å². The minimum atomic E-state index is 0.0838. The number of nitrogen functional groups attached to an aromatic ring is 1. The lowest BCUT2D eigenvalue weighted by Crippen LogP contribution is -2.27.